The van der Waals surface area contributed by atoms with E-state index in [0.717, 1.165) is 43.1 Å². The molecule has 0 radical (unpaired) electrons. The molecule has 2 unspecified atom stereocenters. The first-order chi connectivity index (χ1) is 9.76. The van der Waals surface area contributed by atoms with E-state index in [4.69, 9.17) is 14.2 Å². The Balaban J connectivity index is 2.01. The molecule has 0 amide bonds. The number of rotatable bonds is 6. The summed E-state index contributed by atoms with van der Waals surface area (Å²) in [5.74, 6) is 1.63. The second-order valence-electron chi connectivity index (χ2n) is 5.21. The van der Waals surface area contributed by atoms with Gasteiger partial charge in [-0.15, -0.1) is 0 Å². The number of benzene rings is 1. The minimum atomic E-state index is 0.385. The summed E-state index contributed by atoms with van der Waals surface area (Å²) in [5, 5.41) is 3.58. The Hall–Kier alpha value is -1.42. The smallest absolute Gasteiger partial charge is 0.145 e. The summed E-state index contributed by atoms with van der Waals surface area (Å²) in [6.45, 7) is 3.04. The van der Waals surface area contributed by atoms with Crippen LogP contribution in [0, 0.1) is 0 Å². The minimum Gasteiger partial charge on any atom is -0.497 e. The topological polar surface area (TPSA) is 39.7 Å². The maximum Gasteiger partial charge on any atom is 0.145 e. The molecule has 4 heteroatoms. The molecule has 1 aromatic rings. The first kappa shape index (κ1) is 15.0. The van der Waals surface area contributed by atoms with Crippen LogP contribution in [-0.2, 0) is 4.74 Å². The van der Waals surface area contributed by atoms with Crippen molar-refractivity contribution in [3.63, 3.8) is 0 Å². The van der Waals surface area contributed by atoms with Gasteiger partial charge in [-0.1, -0.05) is 13.3 Å². The van der Waals surface area contributed by atoms with E-state index in [1.165, 1.54) is 6.42 Å². The molecule has 4 nitrogen and oxygen atoms in total. The highest BCUT2D eigenvalue weighted by molar-refractivity contribution is 5.59. The normalized spacial score (nSPS) is 22.4. The van der Waals surface area contributed by atoms with Gasteiger partial charge >= 0.3 is 0 Å². The van der Waals surface area contributed by atoms with Gasteiger partial charge < -0.3 is 19.5 Å². The van der Waals surface area contributed by atoms with Crippen molar-refractivity contribution in [2.75, 3.05) is 26.1 Å². The van der Waals surface area contributed by atoms with Crippen LogP contribution in [-0.4, -0.2) is 33.0 Å². The molecular formula is C16H25NO3. The Kier molecular flexibility index (Phi) is 5.53. The van der Waals surface area contributed by atoms with E-state index in [1.807, 2.05) is 18.2 Å². The summed E-state index contributed by atoms with van der Waals surface area (Å²) in [4.78, 5) is 0. The first-order valence-corrected chi connectivity index (χ1v) is 7.37. The molecule has 0 saturated carbocycles. The van der Waals surface area contributed by atoms with Gasteiger partial charge in [0, 0.05) is 18.7 Å². The van der Waals surface area contributed by atoms with Crippen LogP contribution in [0.15, 0.2) is 18.2 Å². The monoisotopic (exact) mass is 279 g/mol. The van der Waals surface area contributed by atoms with Crippen LogP contribution in [0.4, 0.5) is 5.69 Å². The fourth-order valence-electron chi connectivity index (χ4n) is 2.67. The molecule has 1 aliphatic rings. The zero-order valence-electron chi connectivity index (χ0n) is 12.6. The predicted octanol–water partition coefficient (Wildman–Crippen LogP) is 3.46. The van der Waals surface area contributed by atoms with Crippen LogP contribution in [0.3, 0.4) is 0 Å². The quantitative estimate of drug-likeness (QED) is 0.865. The van der Waals surface area contributed by atoms with E-state index in [-0.39, 0.29) is 0 Å². The van der Waals surface area contributed by atoms with Crippen molar-refractivity contribution in [2.24, 2.45) is 0 Å². The minimum absolute atomic E-state index is 0.385. The van der Waals surface area contributed by atoms with Crippen LogP contribution in [0.5, 0.6) is 11.5 Å². The van der Waals surface area contributed by atoms with Crippen molar-refractivity contribution >= 4 is 5.69 Å². The summed E-state index contributed by atoms with van der Waals surface area (Å²) in [5.41, 5.74) is 1.02. The molecule has 0 aromatic heterocycles. The summed E-state index contributed by atoms with van der Waals surface area (Å²) < 4.78 is 16.4. The van der Waals surface area contributed by atoms with Gasteiger partial charge in [0.2, 0.25) is 0 Å². The molecule has 2 rings (SSSR count). The molecule has 0 aliphatic carbocycles. The highest BCUT2D eigenvalue weighted by Crippen LogP contribution is 2.31. The van der Waals surface area contributed by atoms with E-state index in [9.17, 15) is 0 Å². The Bertz CT molecular complexity index is 420. The third kappa shape index (κ3) is 3.79. The van der Waals surface area contributed by atoms with Crippen LogP contribution < -0.4 is 14.8 Å². The molecule has 112 valence electrons. The Morgan fingerprint density at radius 3 is 2.85 bits per heavy atom. The molecule has 1 saturated heterocycles. The fraction of sp³-hybridized carbons (Fsp3) is 0.625. The third-order valence-corrected chi connectivity index (χ3v) is 3.75. The van der Waals surface area contributed by atoms with Crippen LogP contribution in [0.25, 0.3) is 0 Å². The van der Waals surface area contributed by atoms with Gasteiger partial charge in [0.05, 0.1) is 26.0 Å². The molecule has 0 bridgehead atoms. The molecule has 2 atom stereocenters. The van der Waals surface area contributed by atoms with Gasteiger partial charge in [-0.3, -0.25) is 0 Å². The SMILES string of the molecule is CCCC1CC(Nc2ccc(OC)cc2OC)CCO1. The summed E-state index contributed by atoms with van der Waals surface area (Å²) in [6.07, 6.45) is 4.79. The molecular weight excluding hydrogens is 254 g/mol. The van der Waals surface area contributed by atoms with Crippen molar-refractivity contribution in [3.05, 3.63) is 18.2 Å². The van der Waals surface area contributed by atoms with Gasteiger partial charge in [0.15, 0.2) is 0 Å². The molecule has 0 spiro atoms. The van der Waals surface area contributed by atoms with Gasteiger partial charge in [-0.05, 0) is 31.4 Å². The van der Waals surface area contributed by atoms with Crippen molar-refractivity contribution in [1.29, 1.82) is 0 Å². The first-order valence-electron chi connectivity index (χ1n) is 7.37. The lowest BCUT2D eigenvalue weighted by atomic mass is 10.00. The number of hydrogen-bond donors (Lipinski definition) is 1. The largest absolute Gasteiger partial charge is 0.497 e. The number of anilines is 1. The molecule has 20 heavy (non-hydrogen) atoms. The van der Waals surface area contributed by atoms with Gasteiger partial charge in [-0.2, -0.15) is 0 Å². The molecule has 1 fully saturated rings. The van der Waals surface area contributed by atoms with E-state index in [1.54, 1.807) is 14.2 Å². The van der Waals surface area contributed by atoms with E-state index in [2.05, 4.69) is 12.2 Å². The summed E-state index contributed by atoms with van der Waals surface area (Å²) in [7, 11) is 3.35. The number of methoxy groups -OCH3 is 2. The van der Waals surface area contributed by atoms with Crippen molar-refractivity contribution < 1.29 is 14.2 Å². The predicted molar refractivity (Wildman–Crippen MR) is 80.8 cm³/mol. The lowest BCUT2D eigenvalue weighted by molar-refractivity contribution is 0.00595. The van der Waals surface area contributed by atoms with E-state index in [0.29, 0.717) is 12.1 Å². The second kappa shape index (κ2) is 7.39. The standard InChI is InChI=1S/C16H25NO3/c1-4-5-14-10-12(8-9-20-14)17-15-7-6-13(18-2)11-16(15)19-3/h6-7,11-12,14,17H,4-5,8-10H2,1-3H3. The number of nitrogens with one attached hydrogen (secondary N) is 1. The van der Waals surface area contributed by atoms with Gasteiger partial charge in [-0.25, -0.2) is 0 Å². The summed E-state index contributed by atoms with van der Waals surface area (Å²) >= 11 is 0. The molecule has 1 N–H and O–H groups in total. The van der Waals surface area contributed by atoms with Crippen LogP contribution in [0.1, 0.15) is 32.6 Å². The third-order valence-electron chi connectivity index (χ3n) is 3.75. The molecule has 1 heterocycles. The van der Waals surface area contributed by atoms with Crippen molar-refractivity contribution in [2.45, 2.75) is 44.8 Å². The van der Waals surface area contributed by atoms with Crippen molar-refractivity contribution in [3.8, 4) is 11.5 Å². The van der Waals surface area contributed by atoms with Gasteiger partial charge in [0.1, 0.15) is 11.5 Å². The van der Waals surface area contributed by atoms with E-state index < -0.39 is 0 Å². The van der Waals surface area contributed by atoms with Gasteiger partial charge in [0.25, 0.3) is 0 Å². The Labute approximate surface area is 121 Å². The fourth-order valence-corrected chi connectivity index (χ4v) is 2.67. The highest BCUT2D eigenvalue weighted by atomic mass is 16.5. The highest BCUT2D eigenvalue weighted by Gasteiger charge is 2.22. The van der Waals surface area contributed by atoms with Crippen LogP contribution in [0.2, 0.25) is 0 Å². The van der Waals surface area contributed by atoms with Crippen LogP contribution >= 0.6 is 0 Å². The van der Waals surface area contributed by atoms with Crippen molar-refractivity contribution in [1.82, 2.24) is 0 Å². The Morgan fingerprint density at radius 2 is 2.15 bits per heavy atom. The lowest BCUT2D eigenvalue weighted by Gasteiger charge is -2.31. The molecule has 1 aliphatic heterocycles. The molecule has 1 aromatic carbocycles. The average molecular weight is 279 g/mol. The maximum absolute atomic E-state index is 5.79. The summed E-state index contributed by atoms with van der Waals surface area (Å²) in [6, 6.07) is 6.32. The average Bonchev–Trinajstić information content (AvgIpc) is 2.48. The maximum atomic E-state index is 5.79. The lowest BCUT2D eigenvalue weighted by Crippen LogP contribution is -2.34. The zero-order chi connectivity index (χ0) is 14.4. The Morgan fingerprint density at radius 1 is 1.30 bits per heavy atom. The zero-order valence-corrected chi connectivity index (χ0v) is 12.6. The second-order valence-corrected chi connectivity index (χ2v) is 5.21. The number of ether oxygens (including phenoxy) is 3. The number of hydrogen-bond acceptors (Lipinski definition) is 4. The van der Waals surface area contributed by atoms with E-state index >= 15 is 0 Å².